The minimum absolute atomic E-state index is 0.183. The van der Waals surface area contributed by atoms with Gasteiger partial charge in [0.1, 0.15) is 11.4 Å². The number of anilines is 1. The lowest BCUT2D eigenvalue weighted by atomic mass is 10.0. The van der Waals surface area contributed by atoms with Crippen molar-refractivity contribution >= 4 is 28.5 Å². The van der Waals surface area contributed by atoms with Crippen LogP contribution < -0.4 is 10.1 Å². The van der Waals surface area contributed by atoms with Gasteiger partial charge in [0.25, 0.3) is 0 Å². The van der Waals surface area contributed by atoms with Gasteiger partial charge >= 0.3 is 5.97 Å². The number of methoxy groups -OCH3 is 2. The summed E-state index contributed by atoms with van der Waals surface area (Å²) in [7, 11) is 2.85. The number of H-pyrrole nitrogens is 1. The van der Waals surface area contributed by atoms with E-state index in [1.807, 2.05) is 19.1 Å². The van der Waals surface area contributed by atoms with Crippen LogP contribution in [0.5, 0.6) is 5.75 Å². The molecule has 2 aliphatic heterocycles. The number of carbonyl (C=O) groups is 2. The van der Waals surface area contributed by atoms with Crippen LogP contribution in [0.3, 0.4) is 0 Å². The maximum absolute atomic E-state index is 13.1. The molecule has 1 aromatic heterocycles. The number of ether oxygens (including phenoxy) is 4. The molecule has 2 aromatic rings. The van der Waals surface area contributed by atoms with Crippen LogP contribution in [0, 0.1) is 0 Å². The fraction of sp³-hybridized carbons (Fsp3) is 0.524. The first-order chi connectivity index (χ1) is 14.5. The Morgan fingerprint density at radius 1 is 1.20 bits per heavy atom. The van der Waals surface area contributed by atoms with E-state index >= 15 is 0 Å². The quantitative estimate of drug-likeness (QED) is 0.719. The Morgan fingerprint density at radius 3 is 2.53 bits per heavy atom. The fourth-order valence-corrected chi connectivity index (χ4v) is 4.20. The van der Waals surface area contributed by atoms with Gasteiger partial charge in [0.05, 0.1) is 50.1 Å². The number of nitrogens with one attached hydrogen (secondary N) is 2. The standard InChI is InChI=1S/C21H27N3O6/c1-13(24-9-7-21(8-10-24)29-11-12-30-21)19(25)23-17-16-14(5-4-6-15(16)27-2)22-18(17)20(26)28-3/h4-6,13,22H,7-12H2,1-3H3,(H,23,25)/t13-/m1/s1. The zero-order valence-corrected chi connectivity index (χ0v) is 17.4. The lowest BCUT2D eigenvalue weighted by molar-refractivity contribution is -0.187. The average molecular weight is 417 g/mol. The van der Waals surface area contributed by atoms with Crippen molar-refractivity contribution in [3.05, 3.63) is 23.9 Å². The molecule has 1 spiro atoms. The minimum Gasteiger partial charge on any atom is -0.496 e. The number of amides is 1. The van der Waals surface area contributed by atoms with Crippen LogP contribution in [0.4, 0.5) is 5.69 Å². The monoisotopic (exact) mass is 417 g/mol. The van der Waals surface area contributed by atoms with Gasteiger partial charge in [-0.2, -0.15) is 0 Å². The summed E-state index contributed by atoms with van der Waals surface area (Å²) in [6, 6.07) is 5.01. The van der Waals surface area contributed by atoms with Crippen LogP contribution in [0.1, 0.15) is 30.3 Å². The van der Waals surface area contributed by atoms with Crippen LogP contribution >= 0.6 is 0 Å². The average Bonchev–Trinajstić information content (AvgIpc) is 3.38. The molecular formula is C21H27N3O6. The highest BCUT2D eigenvalue weighted by atomic mass is 16.7. The number of hydrogen-bond donors (Lipinski definition) is 2. The summed E-state index contributed by atoms with van der Waals surface area (Å²) in [5.74, 6) is -0.713. The van der Waals surface area contributed by atoms with Gasteiger partial charge in [0, 0.05) is 25.9 Å². The second-order valence-corrected chi connectivity index (χ2v) is 7.56. The van der Waals surface area contributed by atoms with Gasteiger partial charge < -0.3 is 29.2 Å². The third-order valence-corrected chi connectivity index (χ3v) is 5.94. The second-order valence-electron chi connectivity index (χ2n) is 7.56. The number of benzene rings is 1. The molecule has 4 rings (SSSR count). The number of esters is 1. The van der Waals surface area contributed by atoms with Crippen LogP contribution in [0.25, 0.3) is 10.9 Å². The highest BCUT2D eigenvalue weighted by Crippen LogP contribution is 2.36. The first-order valence-electron chi connectivity index (χ1n) is 10.1. The van der Waals surface area contributed by atoms with Crippen LogP contribution in [0.15, 0.2) is 18.2 Å². The summed E-state index contributed by atoms with van der Waals surface area (Å²) in [6.45, 7) is 4.47. The van der Waals surface area contributed by atoms with Crippen molar-refractivity contribution in [3.8, 4) is 5.75 Å². The summed E-state index contributed by atoms with van der Waals surface area (Å²) in [6.07, 6.45) is 1.44. The Bertz CT molecular complexity index is 940. The van der Waals surface area contributed by atoms with Gasteiger partial charge in [0.2, 0.25) is 5.91 Å². The smallest absolute Gasteiger partial charge is 0.356 e. The van der Waals surface area contributed by atoms with E-state index in [2.05, 4.69) is 15.2 Å². The molecule has 30 heavy (non-hydrogen) atoms. The number of piperidine rings is 1. The van der Waals surface area contributed by atoms with Crippen molar-refractivity contribution in [3.63, 3.8) is 0 Å². The van der Waals surface area contributed by atoms with Crippen LogP contribution in [0.2, 0.25) is 0 Å². The summed E-state index contributed by atoms with van der Waals surface area (Å²) in [5, 5.41) is 3.56. The van der Waals surface area contributed by atoms with Crippen LogP contribution in [-0.4, -0.2) is 74.1 Å². The summed E-state index contributed by atoms with van der Waals surface area (Å²) in [4.78, 5) is 30.5. The summed E-state index contributed by atoms with van der Waals surface area (Å²) in [5.41, 5.74) is 1.22. The van der Waals surface area contributed by atoms with E-state index in [0.717, 1.165) is 12.8 Å². The molecule has 2 aliphatic rings. The van der Waals surface area contributed by atoms with Gasteiger partial charge in [-0.05, 0) is 19.1 Å². The molecule has 2 fully saturated rings. The van der Waals surface area contributed by atoms with E-state index in [9.17, 15) is 9.59 Å². The Hall–Kier alpha value is -2.62. The van der Waals surface area contributed by atoms with Crippen molar-refractivity contribution in [1.82, 2.24) is 9.88 Å². The SMILES string of the molecule is COC(=O)c1[nH]c2cccc(OC)c2c1NC(=O)[C@@H](C)N1CCC2(CC1)OCCO2. The van der Waals surface area contributed by atoms with E-state index in [1.165, 1.54) is 7.11 Å². The number of carbonyl (C=O) groups excluding carboxylic acids is 2. The Kier molecular flexibility index (Phi) is 5.68. The molecule has 2 saturated heterocycles. The second kappa shape index (κ2) is 8.25. The lowest BCUT2D eigenvalue weighted by Gasteiger charge is -2.39. The lowest BCUT2D eigenvalue weighted by Crippen LogP contribution is -2.51. The molecule has 0 saturated carbocycles. The van der Waals surface area contributed by atoms with Gasteiger partial charge in [-0.15, -0.1) is 0 Å². The molecular weight excluding hydrogens is 390 g/mol. The summed E-state index contributed by atoms with van der Waals surface area (Å²) >= 11 is 0. The van der Waals surface area contributed by atoms with Gasteiger partial charge in [-0.1, -0.05) is 6.07 Å². The molecule has 0 radical (unpaired) electrons. The number of aromatic amines is 1. The Labute approximate surface area is 174 Å². The van der Waals surface area contributed by atoms with Gasteiger partial charge in [-0.3, -0.25) is 9.69 Å². The highest BCUT2D eigenvalue weighted by Gasteiger charge is 2.41. The largest absolute Gasteiger partial charge is 0.496 e. The molecule has 9 nitrogen and oxygen atoms in total. The number of aromatic nitrogens is 1. The van der Waals surface area contributed by atoms with E-state index in [0.29, 0.717) is 48.6 Å². The van der Waals surface area contributed by atoms with Crippen molar-refractivity contribution in [2.75, 3.05) is 45.8 Å². The van der Waals surface area contributed by atoms with Crippen molar-refractivity contribution in [1.29, 1.82) is 0 Å². The maximum atomic E-state index is 13.1. The van der Waals surface area contributed by atoms with E-state index in [4.69, 9.17) is 18.9 Å². The van der Waals surface area contributed by atoms with Crippen molar-refractivity contribution < 1.29 is 28.5 Å². The number of hydrogen-bond acceptors (Lipinski definition) is 7. The zero-order valence-electron chi connectivity index (χ0n) is 17.4. The molecule has 1 aromatic carbocycles. The van der Waals surface area contributed by atoms with Gasteiger partial charge in [0.15, 0.2) is 5.79 Å². The number of nitrogens with zero attached hydrogens (tertiary/aromatic N) is 1. The van der Waals surface area contributed by atoms with E-state index < -0.39 is 17.8 Å². The molecule has 9 heteroatoms. The first kappa shape index (κ1) is 20.6. The predicted octanol–water partition coefficient (Wildman–Crippen LogP) is 2.13. The van der Waals surface area contributed by atoms with Gasteiger partial charge in [-0.25, -0.2) is 4.79 Å². The molecule has 3 heterocycles. The third kappa shape index (κ3) is 3.64. The Balaban J connectivity index is 1.55. The predicted molar refractivity (Wildman–Crippen MR) is 110 cm³/mol. The maximum Gasteiger partial charge on any atom is 0.356 e. The molecule has 0 unspecified atom stereocenters. The summed E-state index contributed by atoms with van der Waals surface area (Å²) < 4.78 is 21.9. The number of likely N-dealkylation sites (tertiary alicyclic amines) is 1. The fourth-order valence-electron chi connectivity index (χ4n) is 4.20. The van der Waals surface area contributed by atoms with Crippen molar-refractivity contribution in [2.45, 2.75) is 31.6 Å². The number of rotatable bonds is 5. The molecule has 162 valence electrons. The van der Waals surface area contributed by atoms with E-state index in [1.54, 1.807) is 13.2 Å². The minimum atomic E-state index is -0.563. The topological polar surface area (TPSA) is 102 Å². The molecule has 0 bridgehead atoms. The number of fused-ring (bicyclic) bond motifs is 1. The van der Waals surface area contributed by atoms with Crippen LogP contribution in [-0.2, 0) is 19.0 Å². The highest BCUT2D eigenvalue weighted by molar-refractivity contribution is 6.13. The molecule has 0 aliphatic carbocycles. The normalized spacial score (nSPS) is 19.7. The zero-order chi connectivity index (χ0) is 21.3. The molecule has 2 N–H and O–H groups in total. The van der Waals surface area contributed by atoms with E-state index in [-0.39, 0.29) is 11.6 Å². The van der Waals surface area contributed by atoms with Crippen molar-refractivity contribution in [2.24, 2.45) is 0 Å². The Morgan fingerprint density at radius 2 is 1.90 bits per heavy atom. The molecule has 1 amide bonds. The first-order valence-corrected chi connectivity index (χ1v) is 10.1. The molecule has 1 atom stereocenters. The third-order valence-electron chi connectivity index (χ3n) is 5.94.